The fourth-order valence-electron chi connectivity index (χ4n) is 2.84. The van der Waals surface area contributed by atoms with Gasteiger partial charge in [-0.2, -0.15) is 0 Å². The largest absolute Gasteiger partial charge is 0.349 e. The summed E-state index contributed by atoms with van der Waals surface area (Å²) in [6, 6.07) is 19.8. The number of carbonyl (C=O) groups excluding carboxylic acids is 1. The van der Waals surface area contributed by atoms with E-state index in [0.717, 1.165) is 17.0 Å². The van der Waals surface area contributed by atoms with Crippen LogP contribution in [0.3, 0.4) is 0 Å². The quantitative estimate of drug-likeness (QED) is 0.453. The van der Waals surface area contributed by atoms with Crippen molar-refractivity contribution in [3.05, 3.63) is 78.9 Å². The van der Waals surface area contributed by atoms with Crippen LogP contribution in [0.15, 0.2) is 78.5 Å². The molecule has 28 heavy (non-hydrogen) atoms. The van der Waals surface area contributed by atoms with Gasteiger partial charge in [0.1, 0.15) is 0 Å². The molecule has 2 unspecified atom stereocenters. The zero-order valence-electron chi connectivity index (χ0n) is 16.1. The maximum Gasteiger partial charge on any atom is 0.233 e. The predicted molar refractivity (Wildman–Crippen MR) is 114 cm³/mol. The SMILES string of the molecule is C=CCn1c(SC(C)C(=O)NC(C)c2ccccc2)nnc1-c1ccccc1. The first kappa shape index (κ1) is 19.9. The number of rotatable bonds is 8. The molecule has 1 N–H and O–H groups in total. The van der Waals surface area contributed by atoms with Gasteiger partial charge in [0.2, 0.25) is 5.91 Å². The van der Waals surface area contributed by atoms with Crippen molar-refractivity contribution < 1.29 is 4.79 Å². The molecule has 1 amide bonds. The number of hydrogen-bond acceptors (Lipinski definition) is 4. The smallest absolute Gasteiger partial charge is 0.233 e. The molecule has 0 bridgehead atoms. The van der Waals surface area contributed by atoms with Crippen LogP contribution < -0.4 is 5.32 Å². The highest BCUT2D eigenvalue weighted by molar-refractivity contribution is 8.00. The summed E-state index contributed by atoms with van der Waals surface area (Å²) in [7, 11) is 0. The van der Waals surface area contributed by atoms with E-state index in [1.165, 1.54) is 11.8 Å². The van der Waals surface area contributed by atoms with Crippen molar-refractivity contribution in [3.8, 4) is 11.4 Å². The molecule has 0 radical (unpaired) electrons. The molecule has 6 heteroatoms. The number of benzene rings is 2. The van der Waals surface area contributed by atoms with E-state index in [4.69, 9.17) is 0 Å². The van der Waals surface area contributed by atoms with Crippen LogP contribution in [0.5, 0.6) is 0 Å². The number of nitrogens with zero attached hydrogens (tertiary/aromatic N) is 3. The van der Waals surface area contributed by atoms with Crippen LogP contribution in [-0.2, 0) is 11.3 Å². The van der Waals surface area contributed by atoms with Gasteiger partial charge in [-0.1, -0.05) is 78.5 Å². The lowest BCUT2D eigenvalue weighted by Crippen LogP contribution is -2.33. The number of thioether (sulfide) groups is 1. The lowest BCUT2D eigenvalue weighted by atomic mass is 10.1. The summed E-state index contributed by atoms with van der Waals surface area (Å²) in [6.07, 6.45) is 1.81. The van der Waals surface area contributed by atoms with E-state index in [9.17, 15) is 4.79 Å². The van der Waals surface area contributed by atoms with E-state index in [0.29, 0.717) is 11.7 Å². The molecule has 144 valence electrons. The summed E-state index contributed by atoms with van der Waals surface area (Å²) in [4.78, 5) is 12.7. The average molecular weight is 393 g/mol. The fraction of sp³-hybridized carbons (Fsp3) is 0.227. The standard InChI is InChI=1S/C22H24N4OS/c1-4-15-26-20(19-13-9-6-10-14-19)24-25-22(26)28-17(3)21(27)23-16(2)18-11-7-5-8-12-18/h4-14,16-17H,1,15H2,2-3H3,(H,23,27). The normalized spacial score (nSPS) is 12.9. The Balaban J connectivity index is 1.73. The molecular weight excluding hydrogens is 368 g/mol. The van der Waals surface area contributed by atoms with Crippen molar-refractivity contribution in [2.24, 2.45) is 0 Å². The van der Waals surface area contributed by atoms with Crippen molar-refractivity contribution in [2.75, 3.05) is 0 Å². The molecule has 3 rings (SSSR count). The zero-order valence-corrected chi connectivity index (χ0v) is 16.9. The van der Waals surface area contributed by atoms with E-state index >= 15 is 0 Å². The van der Waals surface area contributed by atoms with Gasteiger partial charge in [-0.25, -0.2) is 0 Å². The molecule has 0 fully saturated rings. The maximum absolute atomic E-state index is 12.7. The second-order valence-corrected chi connectivity index (χ2v) is 7.78. The minimum atomic E-state index is -0.303. The molecule has 3 aromatic rings. The summed E-state index contributed by atoms with van der Waals surface area (Å²) < 4.78 is 1.98. The first-order chi connectivity index (χ1) is 13.6. The molecular formula is C22H24N4OS. The van der Waals surface area contributed by atoms with Crippen LogP contribution in [-0.4, -0.2) is 25.9 Å². The lowest BCUT2D eigenvalue weighted by Gasteiger charge is -2.17. The highest BCUT2D eigenvalue weighted by atomic mass is 32.2. The molecule has 0 aliphatic heterocycles. The van der Waals surface area contributed by atoms with Crippen LogP contribution >= 0.6 is 11.8 Å². The third kappa shape index (κ3) is 4.70. The summed E-state index contributed by atoms with van der Waals surface area (Å²) >= 11 is 1.40. The van der Waals surface area contributed by atoms with Gasteiger partial charge in [0.15, 0.2) is 11.0 Å². The minimum absolute atomic E-state index is 0.0317. The van der Waals surface area contributed by atoms with E-state index in [1.54, 1.807) is 0 Å². The minimum Gasteiger partial charge on any atom is -0.349 e. The topological polar surface area (TPSA) is 59.8 Å². The van der Waals surface area contributed by atoms with Crippen LogP contribution in [0.4, 0.5) is 0 Å². The van der Waals surface area contributed by atoms with Gasteiger partial charge < -0.3 is 5.32 Å². The maximum atomic E-state index is 12.7. The van der Waals surface area contributed by atoms with Crippen molar-refractivity contribution in [1.82, 2.24) is 20.1 Å². The Morgan fingerprint density at radius 1 is 1.11 bits per heavy atom. The number of nitrogens with one attached hydrogen (secondary N) is 1. The Kier molecular flexibility index (Phi) is 6.66. The van der Waals surface area contributed by atoms with Crippen molar-refractivity contribution in [3.63, 3.8) is 0 Å². The van der Waals surface area contributed by atoms with Crippen LogP contribution in [0, 0.1) is 0 Å². The molecule has 5 nitrogen and oxygen atoms in total. The van der Waals surface area contributed by atoms with Gasteiger partial charge in [-0.3, -0.25) is 9.36 Å². The number of hydrogen-bond donors (Lipinski definition) is 1. The van der Waals surface area contributed by atoms with Crippen molar-refractivity contribution in [2.45, 2.75) is 36.8 Å². The summed E-state index contributed by atoms with van der Waals surface area (Å²) in [5.41, 5.74) is 2.06. The molecule has 2 atom stereocenters. The Bertz CT molecular complexity index is 924. The fourth-order valence-corrected chi connectivity index (χ4v) is 3.71. The van der Waals surface area contributed by atoms with E-state index in [1.807, 2.05) is 85.2 Å². The number of allylic oxidation sites excluding steroid dienone is 1. The molecule has 0 saturated carbocycles. The first-order valence-electron chi connectivity index (χ1n) is 9.21. The molecule has 0 spiro atoms. The molecule has 1 aromatic heterocycles. The third-order valence-corrected chi connectivity index (χ3v) is 5.45. The average Bonchev–Trinajstić information content (AvgIpc) is 3.11. The van der Waals surface area contributed by atoms with E-state index < -0.39 is 0 Å². The second kappa shape index (κ2) is 9.37. The van der Waals surface area contributed by atoms with Gasteiger partial charge in [0.05, 0.1) is 11.3 Å². The predicted octanol–water partition coefficient (Wildman–Crippen LogP) is 4.49. The molecule has 0 aliphatic carbocycles. The van der Waals surface area contributed by atoms with Crippen molar-refractivity contribution in [1.29, 1.82) is 0 Å². The zero-order chi connectivity index (χ0) is 19.9. The number of amides is 1. The van der Waals surface area contributed by atoms with Crippen LogP contribution in [0.2, 0.25) is 0 Å². The third-order valence-electron chi connectivity index (χ3n) is 4.37. The molecule has 2 aromatic carbocycles. The number of carbonyl (C=O) groups is 1. The Morgan fingerprint density at radius 3 is 2.39 bits per heavy atom. The van der Waals surface area contributed by atoms with Gasteiger partial charge in [0, 0.05) is 12.1 Å². The molecule has 0 saturated heterocycles. The number of aromatic nitrogens is 3. The molecule has 1 heterocycles. The highest BCUT2D eigenvalue weighted by Crippen LogP contribution is 2.27. The highest BCUT2D eigenvalue weighted by Gasteiger charge is 2.21. The van der Waals surface area contributed by atoms with Gasteiger partial charge >= 0.3 is 0 Å². The van der Waals surface area contributed by atoms with Gasteiger partial charge in [0.25, 0.3) is 0 Å². The van der Waals surface area contributed by atoms with Crippen molar-refractivity contribution >= 4 is 17.7 Å². The molecule has 0 aliphatic rings. The summed E-state index contributed by atoms with van der Waals surface area (Å²) in [5.74, 6) is 0.740. The first-order valence-corrected chi connectivity index (χ1v) is 10.1. The second-order valence-electron chi connectivity index (χ2n) is 6.47. The Morgan fingerprint density at radius 2 is 1.75 bits per heavy atom. The van der Waals surface area contributed by atoms with Crippen LogP contribution in [0.25, 0.3) is 11.4 Å². The Hall–Kier alpha value is -2.86. The van der Waals surface area contributed by atoms with Gasteiger partial charge in [-0.05, 0) is 19.4 Å². The Labute approximate surface area is 169 Å². The van der Waals surface area contributed by atoms with Crippen LogP contribution in [0.1, 0.15) is 25.5 Å². The monoisotopic (exact) mass is 392 g/mol. The van der Waals surface area contributed by atoms with E-state index in [-0.39, 0.29) is 17.2 Å². The van der Waals surface area contributed by atoms with E-state index in [2.05, 4.69) is 22.1 Å². The summed E-state index contributed by atoms with van der Waals surface area (Å²) in [6.45, 7) is 8.28. The summed E-state index contributed by atoms with van der Waals surface area (Å²) in [5, 5.41) is 12.1. The lowest BCUT2D eigenvalue weighted by molar-refractivity contribution is -0.120. The van der Waals surface area contributed by atoms with Gasteiger partial charge in [-0.15, -0.1) is 16.8 Å².